The summed E-state index contributed by atoms with van der Waals surface area (Å²) in [6, 6.07) is 11.4. The SMILES string of the molecule is Cc1cc(-c2ccc3c(n2)N(C(=O)Nc2cc(-c4ncn[nH]4)ccn2)C2CCN3C2)ccn1. The van der Waals surface area contributed by atoms with E-state index in [0.717, 1.165) is 47.7 Å². The molecule has 10 nitrogen and oxygen atoms in total. The van der Waals surface area contributed by atoms with Crippen molar-refractivity contribution in [1.82, 2.24) is 30.1 Å². The van der Waals surface area contributed by atoms with Gasteiger partial charge in [-0.25, -0.2) is 19.7 Å². The molecule has 0 aromatic carbocycles. The molecule has 0 saturated carbocycles. The Balaban J connectivity index is 1.34. The minimum Gasteiger partial charge on any atom is -0.366 e. The van der Waals surface area contributed by atoms with Crippen LogP contribution in [0.1, 0.15) is 12.1 Å². The van der Waals surface area contributed by atoms with Gasteiger partial charge in [0.2, 0.25) is 0 Å². The van der Waals surface area contributed by atoms with E-state index in [9.17, 15) is 4.79 Å². The Hall–Kier alpha value is -4.34. The van der Waals surface area contributed by atoms with Crippen molar-refractivity contribution in [3.63, 3.8) is 0 Å². The van der Waals surface area contributed by atoms with Crippen LogP contribution in [0.4, 0.5) is 22.1 Å². The van der Waals surface area contributed by atoms with Gasteiger partial charge in [-0.1, -0.05) is 0 Å². The number of hydrogen-bond acceptors (Lipinski definition) is 7. The maximum Gasteiger partial charge on any atom is 0.329 e. The quantitative estimate of drug-likeness (QED) is 0.503. The van der Waals surface area contributed by atoms with Crippen LogP contribution in [0.5, 0.6) is 0 Å². The van der Waals surface area contributed by atoms with E-state index in [1.54, 1.807) is 23.4 Å². The first-order valence-corrected chi connectivity index (χ1v) is 10.8. The van der Waals surface area contributed by atoms with Gasteiger partial charge in [0, 0.05) is 42.3 Å². The molecule has 2 amide bonds. The molecule has 2 bridgehead atoms. The lowest BCUT2D eigenvalue weighted by atomic mass is 10.1. The Labute approximate surface area is 189 Å². The predicted molar refractivity (Wildman–Crippen MR) is 124 cm³/mol. The summed E-state index contributed by atoms with van der Waals surface area (Å²) in [4.78, 5) is 35.2. The van der Waals surface area contributed by atoms with Crippen LogP contribution in [0.15, 0.2) is 55.1 Å². The fraction of sp³-hybridized carbons (Fsp3) is 0.217. The van der Waals surface area contributed by atoms with Gasteiger partial charge in [0.25, 0.3) is 0 Å². The van der Waals surface area contributed by atoms with Gasteiger partial charge in [0.15, 0.2) is 11.6 Å². The molecule has 6 heterocycles. The molecule has 2 aliphatic rings. The second-order valence-electron chi connectivity index (χ2n) is 8.18. The van der Waals surface area contributed by atoms with E-state index in [1.165, 1.54) is 6.33 Å². The van der Waals surface area contributed by atoms with Gasteiger partial charge in [-0.2, -0.15) is 5.10 Å². The largest absolute Gasteiger partial charge is 0.366 e. The molecule has 1 saturated heterocycles. The van der Waals surface area contributed by atoms with Gasteiger partial charge in [0.05, 0.1) is 17.4 Å². The van der Waals surface area contributed by atoms with Gasteiger partial charge in [0.1, 0.15) is 12.1 Å². The number of rotatable bonds is 3. The number of H-pyrrole nitrogens is 1. The highest BCUT2D eigenvalue weighted by atomic mass is 16.2. The number of pyridine rings is 3. The van der Waals surface area contributed by atoms with Crippen molar-refractivity contribution in [3.8, 4) is 22.6 Å². The molecule has 4 aromatic rings. The van der Waals surface area contributed by atoms with Crippen molar-refractivity contribution >= 4 is 23.4 Å². The van der Waals surface area contributed by atoms with E-state index in [4.69, 9.17) is 4.98 Å². The first-order chi connectivity index (χ1) is 16.2. The van der Waals surface area contributed by atoms with Crippen molar-refractivity contribution < 1.29 is 4.79 Å². The highest BCUT2D eigenvalue weighted by Gasteiger charge is 2.40. The lowest BCUT2D eigenvalue weighted by Crippen LogP contribution is -2.48. The predicted octanol–water partition coefficient (Wildman–Crippen LogP) is 3.26. The number of fused-ring (bicyclic) bond motifs is 4. The highest BCUT2D eigenvalue weighted by molar-refractivity contribution is 6.04. The molecule has 164 valence electrons. The number of amides is 2. The van der Waals surface area contributed by atoms with E-state index in [2.05, 4.69) is 41.4 Å². The average Bonchev–Trinajstić information content (AvgIpc) is 3.51. The van der Waals surface area contributed by atoms with Crippen molar-refractivity contribution in [3.05, 3.63) is 60.8 Å². The van der Waals surface area contributed by atoms with E-state index in [1.807, 2.05) is 31.2 Å². The summed E-state index contributed by atoms with van der Waals surface area (Å²) in [5.74, 6) is 1.72. The molecular weight excluding hydrogens is 418 g/mol. The van der Waals surface area contributed by atoms with Crippen molar-refractivity contribution in [2.24, 2.45) is 0 Å². The van der Waals surface area contributed by atoms with Crippen LogP contribution >= 0.6 is 0 Å². The maximum absolute atomic E-state index is 13.5. The van der Waals surface area contributed by atoms with Gasteiger partial charge >= 0.3 is 6.03 Å². The van der Waals surface area contributed by atoms with E-state index < -0.39 is 0 Å². The van der Waals surface area contributed by atoms with Gasteiger partial charge in [-0.15, -0.1) is 0 Å². The lowest BCUT2D eigenvalue weighted by molar-refractivity contribution is 0.254. The Morgan fingerprint density at radius 3 is 2.82 bits per heavy atom. The third-order valence-corrected chi connectivity index (χ3v) is 6.05. The molecular formula is C23H21N9O. The summed E-state index contributed by atoms with van der Waals surface area (Å²) < 4.78 is 0. The zero-order valence-corrected chi connectivity index (χ0v) is 17.9. The van der Waals surface area contributed by atoms with Gasteiger partial charge in [-0.3, -0.25) is 20.3 Å². The fourth-order valence-electron chi connectivity index (χ4n) is 4.50. The second kappa shape index (κ2) is 7.66. The summed E-state index contributed by atoms with van der Waals surface area (Å²) >= 11 is 0. The first-order valence-electron chi connectivity index (χ1n) is 10.8. The van der Waals surface area contributed by atoms with Crippen molar-refractivity contribution in [2.75, 3.05) is 28.2 Å². The molecule has 0 aliphatic carbocycles. The highest BCUT2D eigenvalue weighted by Crippen LogP contribution is 2.40. The zero-order valence-electron chi connectivity index (χ0n) is 17.9. The summed E-state index contributed by atoms with van der Waals surface area (Å²) in [7, 11) is 0. The monoisotopic (exact) mass is 439 g/mol. The van der Waals surface area contributed by atoms with Crippen LogP contribution < -0.4 is 15.1 Å². The number of nitrogens with one attached hydrogen (secondary N) is 2. The molecule has 2 aliphatic heterocycles. The van der Waals surface area contributed by atoms with Crippen LogP contribution in [-0.4, -0.2) is 55.3 Å². The minimum absolute atomic E-state index is 0.0527. The van der Waals surface area contributed by atoms with Crippen molar-refractivity contribution in [2.45, 2.75) is 19.4 Å². The molecule has 6 rings (SSSR count). The fourth-order valence-corrected chi connectivity index (χ4v) is 4.50. The van der Waals surface area contributed by atoms with Crippen LogP contribution in [-0.2, 0) is 0 Å². The number of anilines is 3. The van der Waals surface area contributed by atoms with Crippen LogP contribution in [0.25, 0.3) is 22.6 Å². The number of aromatic amines is 1. The van der Waals surface area contributed by atoms with Gasteiger partial charge < -0.3 is 4.90 Å². The molecule has 0 spiro atoms. The number of urea groups is 1. The summed E-state index contributed by atoms with van der Waals surface area (Å²) in [5.41, 5.74) is 4.46. The Kier molecular flexibility index (Phi) is 4.49. The average molecular weight is 439 g/mol. The molecule has 1 unspecified atom stereocenters. The van der Waals surface area contributed by atoms with E-state index in [-0.39, 0.29) is 12.1 Å². The maximum atomic E-state index is 13.5. The number of nitrogens with zero attached hydrogens (tertiary/aromatic N) is 7. The molecule has 4 aromatic heterocycles. The molecule has 2 N–H and O–H groups in total. The zero-order chi connectivity index (χ0) is 22.4. The number of carbonyl (C=O) groups is 1. The minimum atomic E-state index is -0.249. The third-order valence-electron chi connectivity index (χ3n) is 6.05. The van der Waals surface area contributed by atoms with E-state index >= 15 is 0 Å². The Morgan fingerprint density at radius 1 is 1.09 bits per heavy atom. The van der Waals surface area contributed by atoms with E-state index in [0.29, 0.717) is 17.5 Å². The number of carbonyl (C=O) groups excluding carboxylic acids is 1. The van der Waals surface area contributed by atoms with Crippen molar-refractivity contribution in [1.29, 1.82) is 0 Å². The molecule has 10 heteroatoms. The smallest absolute Gasteiger partial charge is 0.329 e. The van der Waals surface area contributed by atoms with Gasteiger partial charge in [-0.05, 0) is 49.7 Å². The Morgan fingerprint density at radius 2 is 1.97 bits per heavy atom. The number of aryl methyl sites for hydroxylation is 1. The normalized spacial score (nSPS) is 16.6. The summed E-state index contributed by atoms with van der Waals surface area (Å²) in [6.45, 7) is 3.64. The van der Waals surface area contributed by atoms with Crippen LogP contribution in [0, 0.1) is 6.92 Å². The van der Waals surface area contributed by atoms with Crippen LogP contribution in [0.3, 0.4) is 0 Å². The standard InChI is InChI=1S/C23H21N9O/c1-14-10-15(4-7-24-14)18-2-3-19-22(28-18)32(17-6-9-31(19)12-17)23(33)29-20-11-16(5-8-25-20)21-26-13-27-30-21/h2-5,7-8,10-11,13,17H,6,9,12H2,1H3,(H,25,29,33)(H,26,27,30). The topological polar surface area (TPSA) is 116 Å². The summed E-state index contributed by atoms with van der Waals surface area (Å²) in [5, 5.41) is 9.66. The lowest BCUT2D eigenvalue weighted by Gasteiger charge is -2.35. The summed E-state index contributed by atoms with van der Waals surface area (Å²) in [6.07, 6.45) is 5.74. The molecule has 33 heavy (non-hydrogen) atoms. The number of hydrogen-bond donors (Lipinski definition) is 2. The first kappa shape index (κ1) is 19.4. The molecule has 1 fully saturated rings. The third kappa shape index (κ3) is 3.45. The Bertz CT molecular complexity index is 1340. The number of aromatic nitrogens is 6. The molecule has 1 atom stereocenters. The van der Waals surface area contributed by atoms with Crippen LogP contribution in [0.2, 0.25) is 0 Å². The molecule has 0 radical (unpaired) electrons. The second-order valence-corrected chi connectivity index (χ2v) is 8.18.